The molecule has 0 aliphatic rings. The van der Waals surface area contributed by atoms with E-state index in [1.165, 1.54) is 0 Å². The van der Waals surface area contributed by atoms with Crippen LogP contribution in [0.1, 0.15) is 24.1 Å². The molecule has 1 aromatic carbocycles. The number of benzene rings is 1. The van der Waals surface area contributed by atoms with Crippen LogP contribution in [-0.2, 0) is 11.2 Å². The summed E-state index contributed by atoms with van der Waals surface area (Å²) in [6.45, 7) is 1.93. The molecule has 0 saturated heterocycles. The zero-order chi connectivity index (χ0) is 10.7. The first-order valence-electron chi connectivity index (χ1n) is 4.33. The molecule has 76 valence electrons. The molecule has 4 heteroatoms. The average Bonchev–Trinajstić information content (AvgIpc) is 2.16. The Hall–Kier alpha value is -1.06. The maximum atomic E-state index is 10.7. The Morgan fingerprint density at radius 2 is 2.29 bits per heavy atom. The Balaban J connectivity index is 3.13. The van der Waals surface area contributed by atoms with E-state index in [2.05, 4.69) is 0 Å². The van der Waals surface area contributed by atoms with Crippen molar-refractivity contribution >= 4 is 17.6 Å². The van der Waals surface area contributed by atoms with Gasteiger partial charge in [0, 0.05) is 5.02 Å². The van der Waals surface area contributed by atoms with Crippen molar-refractivity contribution in [3.05, 3.63) is 34.3 Å². The van der Waals surface area contributed by atoms with Gasteiger partial charge < -0.3 is 10.8 Å². The number of hydrogen-bond donors (Lipinski definition) is 2. The number of carboxylic acid groups (broad SMARTS) is 1. The molecule has 1 atom stereocenters. The number of aliphatic carboxylic acids is 1. The zero-order valence-corrected chi connectivity index (χ0v) is 8.58. The first kappa shape index (κ1) is 11.0. The van der Waals surface area contributed by atoms with Crippen LogP contribution in [0.2, 0.25) is 5.02 Å². The molecule has 0 saturated carbocycles. The van der Waals surface area contributed by atoms with Gasteiger partial charge in [-0.25, -0.2) is 0 Å². The fourth-order valence-corrected chi connectivity index (χ4v) is 1.51. The van der Waals surface area contributed by atoms with E-state index < -0.39 is 12.0 Å². The third kappa shape index (κ3) is 2.25. The number of rotatable bonds is 3. The van der Waals surface area contributed by atoms with Crippen molar-refractivity contribution in [1.29, 1.82) is 0 Å². The highest BCUT2D eigenvalue weighted by Gasteiger charge is 2.17. The molecule has 1 aromatic rings. The van der Waals surface area contributed by atoms with E-state index in [9.17, 15) is 4.79 Å². The van der Waals surface area contributed by atoms with Crippen LogP contribution in [0.5, 0.6) is 0 Å². The SMILES string of the molecule is CCc1cc(Cl)ccc1[C@@H](N)C(=O)O. The number of nitrogens with two attached hydrogens (primary N) is 1. The van der Waals surface area contributed by atoms with Crippen molar-refractivity contribution in [3.63, 3.8) is 0 Å². The Bertz CT molecular complexity index is 352. The Labute approximate surface area is 87.5 Å². The Kier molecular flexibility index (Phi) is 3.49. The van der Waals surface area contributed by atoms with Gasteiger partial charge in [-0.15, -0.1) is 0 Å². The Morgan fingerprint density at radius 3 is 2.79 bits per heavy atom. The molecule has 1 rings (SSSR count). The smallest absolute Gasteiger partial charge is 0.325 e. The van der Waals surface area contributed by atoms with Crippen molar-refractivity contribution in [2.75, 3.05) is 0 Å². The van der Waals surface area contributed by atoms with Gasteiger partial charge in [0.15, 0.2) is 0 Å². The average molecular weight is 214 g/mol. The predicted molar refractivity (Wildman–Crippen MR) is 55.4 cm³/mol. The molecule has 0 amide bonds. The summed E-state index contributed by atoms with van der Waals surface area (Å²) < 4.78 is 0. The minimum absolute atomic E-state index is 0.600. The summed E-state index contributed by atoms with van der Waals surface area (Å²) in [5.74, 6) is -1.03. The molecular formula is C10H12ClNO2. The molecule has 0 bridgehead atoms. The largest absolute Gasteiger partial charge is 0.480 e. The van der Waals surface area contributed by atoms with E-state index in [4.69, 9.17) is 22.4 Å². The summed E-state index contributed by atoms with van der Waals surface area (Å²) in [6, 6.07) is 4.10. The summed E-state index contributed by atoms with van der Waals surface area (Å²) in [6.07, 6.45) is 0.719. The van der Waals surface area contributed by atoms with E-state index in [1.54, 1.807) is 18.2 Å². The van der Waals surface area contributed by atoms with Gasteiger partial charge in [-0.3, -0.25) is 4.79 Å². The highest BCUT2D eigenvalue weighted by molar-refractivity contribution is 6.30. The normalized spacial score (nSPS) is 12.5. The number of carboxylic acids is 1. The maximum absolute atomic E-state index is 10.7. The molecule has 0 aliphatic carbocycles. The molecule has 0 unspecified atom stereocenters. The maximum Gasteiger partial charge on any atom is 0.325 e. The van der Waals surface area contributed by atoms with Gasteiger partial charge >= 0.3 is 5.97 Å². The van der Waals surface area contributed by atoms with Crippen molar-refractivity contribution in [1.82, 2.24) is 0 Å². The minimum atomic E-state index is -1.03. The van der Waals surface area contributed by atoms with Crippen LogP contribution in [0.3, 0.4) is 0 Å². The van der Waals surface area contributed by atoms with Crippen molar-refractivity contribution in [2.45, 2.75) is 19.4 Å². The van der Waals surface area contributed by atoms with Gasteiger partial charge in [0.1, 0.15) is 6.04 Å². The lowest BCUT2D eigenvalue weighted by Crippen LogP contribution is -2.21. The van der Waals surface area contributed by atoms with Gasteiger partial charge in [0.2, 0.25) is 0 Å². The molecule has 0 fully saturated rings. The molecule has 0 heterocycles. The lowest BCUT2D eigenvalue weighted by molar-refractivity contribution is -0.138. The second-order valence-corrected chi connectivity index (χ2v) is 3.45. The van der Waals surface area contributed by atoms with E-state index in [0.29, 0.717) is 10.6 Å². The predicted octanol–water partition coefficient (Wildman–Crippen LogP) is 1.99. The van der Waals surface area contributed by atoms with Crippen LogP contribution < -0.4 is 5.73 Å². The van der Waals surface area contributed by atoms with E-state index in [-0.39, 0.29) is 0 Å². The van der Waals surface area contributed by atoms with Crippen LogP contribution in [0.25, 0.3) is 0 Å². The van der Waals surface area contributed by atoms with E-state index >= 15 is 0 Å². The molecule has 3 nitrogen and oxygen atoms in total. The van der Waals surface area contributed by atoms with Gasteiger partial charge in [-0.2, -0.15) is 0 Å². The number of halogens is 1. The van der Waals surface area contributed by atoms with Gasteiger partial charge in [0.25, 0.3) is 0 Å². The van der Waals surface area contributed by atoms with Crippen LogP contribution in [-0.4, -0.2) is 11.1 Å². The van der Waals surface area contributed by atoms with E-state index in [0.717, 1.165) is 12.0 Å². The Morgan fingerprint density at radius 1 is 1.64 bits per heavy atom. The molecule has 0 aliphatic heterocycles. The molecule has 0 aromatic heterocycles. The first-order chi connectivity index (χ1) is 6.56. The van der Waals surface area contributed by atoms with Crippen LogP contribution in [0.4, 0.5) is 0 Å². The quantitative estimate of drug-likeness (QED) is 0.807. The second kappa shape index (κ2) is 4.44. The number of carbonyl (C=O) groups is 1. The third-order valence-corrected chi connectivity index (χ3v) is 2.32. The monoisotopic (exact) mass is 213 g/mol. The topological polar surface area (TPSA) is 63.3 Å². The van der Waals surface area contributed by atoms with Crippen molar-refractivity contribution in [3.8, 4) is 0 Å². The van der Waals surface area contributed by atoms with Gasteiger partial charge in [0.05, 0.1) is 0 Å². The number of hydrogen-bond acceptors (Lipinski definition) is 2. The molecule has 0 radical (unpaired) electrons. The summed E-state index contributed by atoms with van der Waals surface area (Å²) in [5.41, 5.74) is 7.03. The standard InChI is InChI=1S/C10H12ClNO2/c1-2-6-5-7(11)3-4-8(6)9(12)10(13)14/h3-5,9H,2,12H2,1H3,(H,13,14)/t9-/m1/s1. The second-order valence-electron chi connectivity index (χ2n) is 3.01. The molecule has 14 heavy (non-hydrogen) atoms. The highest BCUT2D eigenvalue weighted by Crippen LogP contribution is 2.21. The van der Waals surface area contributed by atoms with Crippen molar-refractivity contribution < 1.29 is 9.90 Å². The van der Waals surface area contributed by atoms with Gasteiger partial charge in [-0.1, -0.05) is 24.6 Å². The van der Waals surface area contributed by atoms with Crippen LogP contribution in [0, 0.1) is 0 Å². The lowest BCUT2D eigenvalue weighted by atomic mass is 9.99. The van der Waals surface area contributed by atoms with Crippen LogP contribution >= 0.6 is 11.6 Å². The lowest BCUT2D eigenvalue weighted by Gasteiger charge is -2.11. The van der Waals surface area contributed by atoms with E-state index in [1.807, 2.05) is 6.92 Å². The van der Waals surface area contributed by atoms with Crippen LogP contribution in [0.15, 0.2) is 18.2 Å². The number of aryl methyl sites for hydroxylation is 1. The fraction of sp³-hybridized carbons (Fsp3) is 0.300. The third-order valence-electron chi connectivity index (χ3n) is 2.09. The van der Waals surface area contributed by atoms with Crippen molar-refractivity contribution in [2.24, 2.45) is 5.73 Å². The van der Waals surface area contributed by atoms with Gasteiger partial charge in [-0.05, 0) is 29.7 Å². The minimum Gasteiger partial charge on any atom is -0.480 e. The summed E-state index contributed by atoms with van der Waals surface area (Å²) in [5, 5.41) is 9.37. The highest BCUT2D eigenvalue weighted by atomic mass is 35.5. The summed E-state index contributed by atoms with van der Waals surface area (Å²) >= 11 is 5.79. The molecule has 0 spiro atoms. The summed E-state index contributed by atoms with van der Waals surface area (Å²) in [4.78, 5) is 10.7. The summed E-state index contributed by atoms with van der Waals surface area (Å²) in [7, 11) is 0. The first-order valence-corrected chi connectivity index (χ1v) is 4.70. The molecular weight excluding hydrogens is 202 g/mol. The zero-order valence-electron chi connectivity index (χ0n) is 7.83. The fourth-order valence-electron chi connectivity index (χ4n) is 1.32. The molecule has 3 N–H and O–H groups in total.